The molecule has 1 N–H and O–H groups in total. The first kappa shape index (κ1) is 19.9. The highest BCUT2D eigenvalue weighted by molar-refractivity contribution is 6.74. The highest BCUT2D eigenvalue weighted by Gasteiger charge is 2.44. The van der Waals surface area contributed by atoms with Gasteiger partial charge in [0.2, 0.25) is 0 Å². The fourth-order valence-corrected chi connectivity index (χ4v) is 4.04. The lowest BCUT2D eigenvalue weighted by molar-refractivity contribution is 0.0969. The lowest BCUT2D eigenvalue weighted by Gasteiger charge is -2.39. The first-order valence-corrected chi connectivity index (χ1v) is 11.8. The van der Waals surface area contributed by atoms with Crippen LogP contribution in [0, 0.1) is 5.92 Å². The van der Waals surface area contributed by atoms with Crippen molar-refractivity contribution in [1.82, 2.24) is 4.90 Å². The minimum absolute atomic E-state index is 0.0156. The molecule has 1 saturated heterocycles. The predicted molar refractivity (Wildman–Crippen MR) is 101 cm³/mol. The highest BCUT2D eigenvalue weighted by atomic mass is 28.4. The van der Waals surface area contributed by atoms with Crippen molar-refractivity contribution in [3.63, 3.8) is 0 Å². The van der Waals surface area contributed by atoms with Gasteiger partial charge in [0, 0.05) is 19.0 Å². The van der Waals surface area contributed by atoms with Gasteiger partial charge in [-0.15, -0.1) is 0 Å². The largest absolute Gasteiger partial charge is 0.445 e. The lowest BCUT2D eigenvalue weighted by Crippen LogP contribution is -2.46. The number of amides is 1. The van der Waals surface area contributed by atoms with E-state index in [1.54, 1.807) is 4.90 Å². The van der Waals surface area contributed by atoms with Crippen LogP contribution in [0.1, 0.15) is 26.3 Å². The van der Waals surface area contributed by atoms with Gasteiger partial charge in [0.15, 0.2) is 8.32 Å². The van der Waals surface area contributed by atoms with Gasteiger partial charge in [-0.3, -0.25) is 0 Å². The molecule has 0 unspecified atom stereocenters. The predicted octanol–water partition coefficient (Wildman–Crippen LogP) is 3.64. The number of likely N-dealkylation sites (tertiary alicyclic amines) is 1. The molecule has 2 atom stereocenters. The Morgan fingerprint density at radius 2 is 1.88 bits per heavy atom. The Hall–Kier alpha value is -1.37. The summed E-state index contributed by atoms with van der Waals surface area (Å²) in [6, 6.07) is 9.63. The summed E-state index contributed by atoms with van der Waals surface area (Å²) in [5.41, 5.74) is 0.961. The quantitative estimate of drug-likeness (QED) is 0.810. The van der Waals surface area contributed by atoms with E-state index in [1.807, 2.05) is 30.3 Å². The number of aliphatic hydroxyl groups is 1. The van der Waals surface area contributed by atoms with Crippen molar-refractivity contribution in [2.45, 2.75) is 51.6 Å². The summed E-state index contributed by atoms with van der Waals surface area (Å²) in [6.45, 7) is 12.2. The van der Waals surface area contributed by atoms with E-state index in [-0.39, 0.29) is 36.4 Å². The van der Waals surface area contributed by atoms with E-state index >= 15 is 0 Å². The Balaban J connectivity index is 1.94. The molecule has 140 valence electrons. The molecule has 1 heterocycles. The van der Waals surface area contributed by atoms with Crippen LogP contribution in [0.25, 0.3) is 0 Å². The third kappa shape index (κ3) is 5.06. The Morgan fingerprint density at radius 3 is 2.44 bits per heavy atom. The molecular formula is C19H31NO4Si. The summed E-state index contributed by atoms with van der Waals surface area (Å²) in [7, 11) is -1.95. The number of nitrogens with zero attached hydrogens (tertiary/aromatic N) is 1. The van der Waals surface area contributed by atoms with E-state index in [1.165, 1.54) is 0 Å². The van der Waals surface area contributed by atoms with E-state index in [9.17, 15) is 9.90 Å². The molecule has 1 aliphatic rings. The number of hydrogen-bond acceptors (Lipinski definition) is 4. The number of hydrogen-bond donors (Lipinski definition) is 1. The summed E-state index contributed by atoms with van der Waals surface area (Å²) in [4.78, 5) is 14.0. The lowest BCUT2D eigenvalue weighted by atomic mass is 10.1. The molecule has 0 bridgehead atoms. The van der Waals surface area contributed by atoms with Crippen LogP contribution in [-0.4, -0.2) is 50.2 Å². The maximum Gasteiger partial charge on any atom is 0.410 e. The van der Waals surface area contributed by atoms with Gasteiger partial charge < -0.3 is 19.2 Å². The number of carbonyl (C=O) groups excluding carboxylic acids is 1. The van der Waals surface area contributed by atoms with E-state index in [0.29, 0.717) is 13.1 Å². The number of ether oxygens (including phenoxy) is 1. The molecule has 0 aromatic heterocycles. The Labute approximate surface area is 152 Å². The molecular weight excluding hydrogens is 334 g/mol. The van der Waals surface area contributed by atoms with Crippen LogP contribution < -0.4 is 0 Å². The molecule has 1 aliphatic heterocycles. The maximum atomic E-state index is 12.4. The molecule has 1 amide bonds. The maximum absolute atomic E-state index is 12.4. The van der Waals surface area contributed by atoms with Crippen molar-refractivity contribution in [2.75, 3.05) is 19.7 Å². The van der Waals surface area contributed by atoms with Crippen LogP contribution in [0.2, 0.25) is 18.1 Å². The number of aliphatic hydroxyl groups excluding tert-OH is 1. The van der Waals surface area contributed by atoms with Crippen LogP contribution in [0.3, 0.4) is 0 Å². The van der Waals surface area contributed by atoms with Crippen LogP contribution in [0.4, 0.5) is 4.79 Å². The van der Waals surface area contributed by atoms with Crippen LogP contribution >= 0.6 is 0 Å². The Kier molecular flexibility index (Phi) is 6.29. The molecule has 2 rings (SSSR count). The van der Waals surface area contributed by atoms with Crippen LogP contribution in [0.5, 0.6) is 0 Å². The van der Waals surface area contributed by atoms with Crippen LogP contribution in [0.15, 0.2) is 30.3 Å². The third-order valence-corrected chi connectivity index (χ3v) is 9.84. The molecule has 0 spiro atoms. The third-order valence-electron chi connectivity index (χ3n) is 5.33. The van der Waals surface area contributed by atoms with Crippen molar-refractivity contribution < 1.29 is 19.1 Å². The fourth-order valence-electron chi connectivity index (χ4n) is 2.67. The SMILES string of the molecule is CC(C)(C)[Si](C)(C)O[C@H]1CN(C(=O)OCc2ccccc2)C[C@@H]1CO. The molecule has 25 heavy (non-hydrogen) atoms. The summed E-state index contributed by atoms with van der Waals surface area (Å²) in [6.07, 6.45) is -0.473. The van der Waals surface area contributed by atoms with Gasteiger partial charge in [-0.1, -0.05) is 51.1 Å². The van der Waals surface area contributed by atoms with Crippen molar-refractivity contribution in [3.8, 4) is 0 Å². The first-order valence-electron chi connectivity index (χ1n) is 8.88. The summed E-state index contributed by atoms with van der Waals surface area (Å²) >= 11 is 0. The Bertz CT molecular complexity index is 571. The molecule has 0 saturated carbocycles. The average Bonchev–Trinajstić information content (AvgIpc) is 2.95. The molecule has 6 heteroatoms. The normalized spacial score (nSPS) is 21.4. The summed E-state index contributed by atoms with van der Waals surface area (Å²) < 4.78 is 11.9. The van der Waals surface area contributed by atoms with Crippen molar-refractivity contribution >= 4 is 14.4 Å². The van der Waals surface area contributed by atoms with Crippen molar-refractivity contribution in [1.29, 1.82) is 0 Å². The first-order chi connectivity index (χ1) is 11.6. The number of carbonyl (C=O) groups is 1. The monoisotopic (exact) mass is 365 g/mol. The zero-order valence-electron chi connectivity index (χ0n) is 16.0. The highest BCUT2D eigenvalue weighted by Crippen LogP contribution is 2.39. The zero-order chi connectivity index (χ0) is 18.7. The van der Waals surface area contributed by atoms with Crippen LogP contribution in [-0.2, 0) is 15.8 Å². The smallest absolute Gasteiger partial charge is 0.410 e. The van der Waals surface area contributed by atoms with Gasteiger partial charge in [0.25, 0.3) is 0 Å². The average molecular weight is 366 g/mol. The van der Waals surface area contributed by atoms with Gasteiger partial charge >= 0.3 is 6.09 Å². The second-order valence-electron chi connectivity index (χ2n) is 8.30. The molecule has 1 aromatic rings. The second kappa shape index (κ2) is 7.89. The molecule has 0 aliphatic carbocycles. The van der Waals surface area contributed by atoms with Crippen molar-refractivity contribution in [3.05, 3.63) is 35.9 Å². The van der Waals surface area contributed by atoms with Crippen molar-refractivity contribution in [2.24, 2.45) is 5.92 Å². The van der Waals surface area contributed by atoms with Gasteiger partial charge in [0.1, 0.15) is 6.61 Å². The zero-order valence-corrected chi connectivity index (χ0v) is 17.0. The van der Waals surface area contributed by atoms with E-state index in [2.05, 4.69) is 33.9 Å². The topological polar surface area (TPSA) is 59.0 Å². The Morgan fingerprint density at radius 1 is 1.24 bits per heavy atom. The van der Waals surface area contributed by atoms with Gasteiger partial charge in [-0.25, -0.2) is 4.79 Å². The standard InChI is InChI=1S/C19H31NO4Si/c1-19(2,3)25(4,5)24-17-12-20(11-16(17)13-21)18(22)23-14-15-9-7-6-8-10-15/h6-10,16-17,21H,11-14H2,1-5H3/t16-,17+/m1/s1. The van der Waals surface area contributed by atoms with E-state index in [4.69, 9.17) is 9.16 Å². The van der Waals surface area contributed by atoms with E-state index in [0.717, 1.165) is 5.56 Å². The van der Waals surface area contributed by atoms with Gasteiger partial charge in [-0.2, -0.15) is 0 Å². The molecule has 1 fully saturated rings. The summed E-state index contributed by atoms with van der Waals surface area (Å²) in [5, 5.41) is 9.79. The summed E-state index contributed by atoms with van der Waals surface area (Å²) in [5.74, 6) is -0.0570. The fraction of sp³-hybridized carbons (Fsp3) is 0.632. The minimum atomic E-state index is -1.95. The number of rotatable bonds is 5. The minimum Gasteiger partial charge on any atom is -0.445 e. The van der Waals surface area contributed by atoms with Gasteiger partial charge in [0.05, 0.1) is 12.7 Å². The second-order valence-corrected chi connectivity index (χ2v) is 13.1. The number of benzene rings is 1. The molecule has 5 nitrogen and oxygen atoms in total. The van der Waals surface area contributed by atoms with E-state index < -0.39 is 8.32 Å². The molecule has 1 aromatic carbocycles. The van der Waals surface area contributed by atoms with Gasteiger partial charge in [-0.05, 0) is 23.7 Å². The molecule has 0 radical (unpaired) electrons.